The number of amides is 2. The second-order valence-electron chi connectivity index (χ2n) is 8.52. The van der Waals surface area contributed by atoms with E-state index in [0.29, 0.717) is 17.9 Å². The molecule has 35 heavy (non-hydrogen) atoms. The van der Waals surface area contributed by atoms with E-state index >= 15 is 0 Å². The van der Waals surface area contributed by atoms with Gasteiger partial charge >= 0.3 is 0 Å². The van der Waals surface area contributed by atoms with Crippen LogP contribution in [-0.2, 0) is 11.3 Å². The summed E-state index contributed by atoms with van der Waals surface area (Å²) in [5, 5.41) is 3.14. The number of thioether (sulfide) groups is 1. The fraction of sp³-hybridized carbons (Fsp3) is 0.133. The molecule has 1 fully saturated rings. The Morgan fingerprint density at radius 2 is 1.34 bits per heavy atom. The average Bonchev–Trinajstić information content (AvgIpc) is 3.28. The van der Waals surface area contributed by atoms with Crippen LogP contribution in [0.25, 0.3) is 0 Å². The smallest absolute Gasteiger partial charge is 0.252 e. The molecule has 5 heteroatoms. The molecule has 1 saturated heterocycles. The van der Waals surface area contributed by atoms with Gasteiger partial charge in [0.05, 0.1) is 11.8 Å². The highest BCUT2D eigenvalue weighted by molar-refractivity contribution is 8.00. The van der Waals surface area contributed by atoms with E-state index in [-0.39, 0.29) is 23.2 Å². The van der Waals surface area contributed by atoms with Crippen LogP contribution in [0, 0.1) is 0 Å². The van der Waals surface area contributed by atoms with Gasteiger partial charge in [-0.15, -0.1) is 11.8 Å². The highest BCUT2D eigenvalue weighted by Gasteiger charge is 2.32. The number of hydrogen-bond donors (Lipinski definition) is 1. The van der Waals surface area contributed by atoms with Crippen molar-refractivity contribution in [1.82, 2.24) is 10.2 Å². The fourth-order valence-corrected chi connectivity index (χ4v) is 5.53. The number of nitrogens with zero attached hydrogens (tertiary/aromatic N) is 1. The van der Waals surface area contributed by atoms with Crippen molar-refractivity contribution in [1.29, 1.82) is 0 Å². The number of hydrogen-bond acceptors (Lipinski definition) is 3. The second kappa shape index (κ2) is 10.6. The third kappa shape index (κ3) is 5.31. The van der Waals surface area contributed by atoms with Gasteiger partial charge in [0.15, 0.2) is 0 Å². The van der Waals surface area contributed by atoms with Crippen molar-refractivity contribution < 1.29 is 9.59 Å². The number of carbonyl (C=O) groups is 2. The quantitative estimate of drug-likeness (QED) is 0.355. The molecule has 1 atom stereocenters. The lowest BCUT2D eigenvalue weighted by molar-refractivity contribution is -0.128. The molecule has 0 spiro atoms. The lowest BCUT2D eigenvalue weighted by Gasteiger charge is -2.24. The fourth-order valence-electron chi connectivity index (χ4n) is 4.34. The van der Waals surface area contributed by atoms with Gasteiger partial charge in [0, 0.05) is 12.1 Å². The third-order valence-electron chi connectivity index (χ3n) is 6.16. The molecule has 4 nitrogen and oxygen atoms in total. The molecular formula is C30H26N2O2S. The summed E-state index contributed by atoms with van der Waals surface area (Å²) in [5.74, 6) is 0.472. The average molecular weight is 479 g/mol. The SMILES string of the molecule is O=C(NC(c1ccccc1)c1ccccc1)c1ccc([C@H]2SCC(=O)N2Cc2ccccc2)cc1. The molecule has 0 unspecified atom stereocenters. The van der Waals surface area contributed by atoms with Gasteiger partial charge in [-0.1, -0.05) is 103 Å². The van der Waals surface area contributed by atoms with Gasteiger partial charge in [0.25, 0.3) is 5.91 Å². The van der Waals surface area contributed by atoms with Gasteiger partial charge < -0.3 is 10.2 Å². The van der Waals surface area contributed by atoms with Crippen molar-refractivity contribution in [2.24, 2.45) is 0 Å². The Kier molecular flexibility index (Phi) is 6.96. The van der Waals surface area contributed by atoms with Crippen LogP contribution in [0.4, 0.5) is 0 Å². The van der Waals surface area contributed by atoms with Crippen LogP contribution in [0.5, 0.6) is 0 Å². The van der Waals surface area contributed by atoms with Crippen molar-refractivity contribution in [3.63, 3.8) is 0 Å². The molecule has 4 aromatic rings. The van der Waals surface area contributed by atoms with Crippen LogP contribution in [-0.4, -0.2) is 22.5 Å². The molecule has 5 rings (SSSR count). The molecule has 0 saturated carbocycles. The van der Waals surface area contributed by atoms with Crippen LogP contribution < -0.4 is 5.32 Å². The van der Waals surface area contributed by atoms with Gasteiger partial charge in [0.1, 0.15) is 5.37 Å². The molecule has 0 bridgehead atoms. The molecule has 1 aliphatic rings. The maximum atomic E-state index is 13.2. The van der Waals surface area contributed by atoms with E-state index < -0.39 is 0 Å². The van der Waals surface area contributed by atoms with E-state index in [1.54, 1.807) is 11.8 Å². The van der Waals surface area contributed by atoms with E-state index in [0.717, 1.165) is 22.3 Å². The first-order valence-electron chi connectivity index (χ1n) is 11.6. The molecule has 0 aliphatic carbocycles. The summed E-state index contributed by atoms with van der Waals surface area (Å²) >= 11 is 1.63. The maximum absolute atomic E-state index is 13.2. The van der Waals surface area contributed by atoms with Crippen LogP contribution in [0.15, 0.2) is 115 Å². The molecule has 0 radical (unpaired) electrons. The third-order valence-corrected chi connectivity index (χ3v) is 7.42. The minimum Gasteiger partial charge on any atom is -0.341 e. The Balaban J connectivity index is 1.33. The zero-order valence-electron chi connectivity index (χ0n) is 19.2. The van der Waals surface area contributed by atoms with Gasteiger partial charge in [-0.05, 0) is 34.4 Å². The minimum absolute atomic E-state index is 0.0544. The lowest BCUT2D eigenvalue weighted by atomic mass is 9.98. The van der Waals surface area contributed by atoms with E-state index in [9.17, 15) is 9.59 Å². The van der Waals surface area contributed by atoms with E-state index in [4.69, 9.17) is 0 Å². The Bertz CT molecular complexity index is 1240. The van der Waals surface area contributed by atoms with Crippen LogP contribution in [0.2, 0.25) is 0 Å². The van der Waals surface area contributed by atoms with Gasteiger partial charge in [-0.2, -0.15) is 0 Å². The number of nitrogens with one attached hydrogen (secondary N) is 1. The summed E-state index contributed by atoms with van der Waals surface area (Å²) in [6.07, 6.45) is 0. The van der Waals surface area contributed by atoms with E-state index in [2.05, 4.69) is 5.32 Å². The predicted octanol–water partition coefficient (Wildman–Crippen LogP) is 5.98. The molecule has 1 aliphatic heterocycles. The monoisotopic (exact) mass is 478 g/mol. The van der Waals surface area contributed by atoms with Gasteiger partial charge in [0.2, 0.25) is 5.91 Å². The molecule has 174 valence electrons. The summed E-state index contributed by atoms with van der Waals surface area (Å²) in [4.78, 5) is 27.7. The summed E-state index contributed by atoms with van der Waals surface area (Å²) in [6, 6.07) is 37.4. The summed E-state index contributed by atoms with van der Waals surface area (Å²) < 4.78 is 0. The highest BCUT2D eigenvalue weighted by atomic mass is 32.2. The summed E-state index contributed by atoms with van der Waals surface area (Å²) in [5.41, 5.74) is 4.78. The summed E-state index contributed by atoms with van der Waals surface area (Å²) in [6.45, 7) is 0.579. The molecule has 1 heterocycles. The highest BCUT2D eigenvalue weighted by Crippen LogP contribution is 2.39. The normalized spacial score (nSPS) is 15.4. The maximum Gasteiger partial charge on any atom is 0.252 e. The van der Waals surface area contributed by atoms with E-state index in [1.807, 2.05) is 120 Å². The van der Waals surface area contributed by atoms with Crippen molar-refractivity contribution in [3.05, 3.63) is 143 Å². The number of carbonyl (C=O) groups excluding carboxylic acids is 2. The standard InChI is InChI=1S/C30H26N2O2S/c33-27-21-35-30(32(27)20-22-10-4-1-5-11-22)26-18-16-25(17-19-26)29(34)31-28(23-12-6-2-7-13-23)24-14-8-3-9-15-24/h1-19,28,30H,20-21H2,(H,31,34)/t30-/m1/s1. The topological polar surface area (TPSA) is 49.4 Å². The van der Waals surface area contributed by atoms with Crippen molar-refractivity contribution in [3.8, 4) is 0 Å². The first-order chi connectivity index (χ1) is 17.2. The molecule has 1 N–H and O–H groups in total. The van der Waals surface area contributed by atoms with Crippen molar-refractivity contribution in [2.75, 3.05) is 5.75 Å². The number of benzene rings is 4. The van der Waals surface area contributed by atoms with Crippen molar-refractivity contribution in [2.45, 2.75) is 18.0 Å². The molecular weight excluding hydrogens is 452 g/mol. The Morgan fingerprint density at radius 1 is 0.800 bits per heavy atom. The minimum atomic E-state index is -0.242. The van der Waals surface area contributed by atoms with Crippen LogP contribution in [0.1, 0.15) is 44.0 Å². The zero-order chi connectivity index (χ0) is 24.0. The predicted molar refractivity (Wildman–Crippen MR) is 141 cm³/mol. The summed E-state index contributed by atoms with van der Waals surface area (Å²) in [7, 11) is 0. The molecule has 4 aromatic carbocycles. The van der Waals surface area contributed by atoms with Gasteiger partial charge in [-0.3, -0.25) is 9.59 Å². The number of rotatable bonds is 7. The lowest BCUT2D eigenvalue weighted by Crippen LogP contribution is -2.29. The largest absolute Gasteiger partial charge is 0.341 e. The van der Waals surface area contributed by atoms with Crippen molar-refractivity contribution >= 4 is 23.6 Å². The second-order valence-corrected chi connectivity index (χ2v) is 9.59. The molecule has 0 aromatic heterocycles. The van der Waals surface area contributed by atoms with Crippen LogP contribution >= 0.6 is 11.8 Å². The Labute approximate surface area is 210 Å². The Morgan fingerprint density at radius 3 is 1.91 bits per heavy atom. The van der Waals surface area contributed by atoms with Crippen LogP contribution in [0.3, 0.4) is 0 Å². The zero-order valence-corrected chi connectivity index (χ0v) is 20.0. The Hall–Kier alpha value is -3.83. The van der Waals surface area contributed by atoms with Gasteiger partial charge in [-0.25, -0.2) is 0 Å². The first-order valence-corrected chi connectivity index (χ1v) is 12.7. The van der Waals surface area contributed by atoms with E-state index in [1.165, 1.54) is 0 Å². The first kappa shape index (κ1) is 22.9. The molecule has 2 amide bonds.